The number of carbonyl (C=O) groups is 2. The number of piperidine rings is 1. The molecule has 0 spiro atoms. The van der Waals surface area contributed by atoms with E-state index in [1.807, 2.05) is 49.3 Å². The summed E-state index contributed by atoms with van der Waals surface area (Å²) >= 11 is -1.28. The van der Waals surface area contributed by atoms with Gasteiger partial charge in [0, 0.05) is 44.3 Å². The lowest BCUT2D eigenvalue weighted by atomic mass is 10.1. The van der Waals surface area contributed by atoms with Crippen molar-refractivity contribution in [1.82, 2.24) is 24.3 Å². The Kier molecular flexibility index (Phi) is 7.63. The summed E-state index contributed by atoms with van der Waals surface area (Å²) < 4.78 is 22.0. The maximum Gasteiger partial charge on any atom is 0.407 e. The van der Waals surface area contributed by atoms with E-state index in [4.69, 9.17) is 4.74 Å². The van der Waals surface area contributed by atoms with Crippen LogP contribution in [0.3, 0.4) is 0 Å². The number of nitrogens with one attached hydrogen (secondary N) is 2. The lowest BCUT2D eigenvalue weighted by Gasteiger charge is -2.32. The highest BCUT2D eigenvalue weighted by Gasteiger charge is 2.30. The Hall–Kier alpha value is -3.08. The summed E-state index contributed by atoms with van der Waals surface area (Å²) in [6.07, 6.45) is 6.23. The second kappa shape index (κ2) is 10.7. The molecule has 2 N–H and O–H groups in total. The van der Waals surface area contributed by atoms with E-state index in [1.54, 1.807) is 35.1 Å². The zero-order valence-electron chi connectivity index (χ0n) is 20.2. The van der Waals surface area contributed by atoms with Crippen molar-refractivity contribution in [1.29, 1.82) is 0 Å². The fourth-order valence-corrected chi connectivity index (χ4v) is 5.06. The maximum atomic E-state index is 13.0. The summed E-state index contributed by atoms with van der Waals surface area (Å²) in [7, 11) is 0. The summed E-state index contributed by atoms with van der Waals surface area (Å²) in [5.41, 5.74) is 1.73. The number of alkyl carbamates (subject to hydrolysis) is 1. The Bertz CT molecular complexity index is 1170. The molecule has 0 aliphatic carbocycles. The van der Waals surface area contributed by atoms with Crippen molar-refractivity contribution in [3.63, 3.8) is 0 Å². The van der Waals surface area contributed by atoms with Crippen LogP contribution in [-0.2, 0) is 22.6 Å². The summed E-state index contributed by atoms with van der Waals surface area (Å²) in [4.78, 5) is 29.4. The van der Waals surface area contributed by atoms with E-state index >= 15 is 0 Å². The third kappa shape index (κ3) is 6.74. The zero-order valence-corrected chi connectivity index (χ0v) is 21.0. The Labute approximate surface area is 208 Å². The van der Waals surface area contributed by atoms with Crippen LogP contribution in [0.5, 0.6) is 0 Å². The normalized spacial score (nSPS) is 16.1. The number of amides is 2. The molecule has 0 radical (unpaired) electrons. The number of aromatic nitrogens is 2. The Morgan fingerprint density at radius 3 is 2.54 bits per heavy atom. The monoisotopic (exact) mass is 497 g/mol. The Morgan fingerprint density at radius 1 is 1.14 bits per heavy atom. The van der Waals surface area contributed by atoms with E-state index in [-0.39, 0.29) is 11.9 Å². The number of imidazole rings is 1. The predicted molar refractivity (Wildman–Crippen MR) is 133 cm³/mol. The summed E-state index contributed by atoms with van der Waals surface area (Å²) in [5, 5.41) is 5.81. The SMILES string of the molecule is CC(C)(C)OC(=O)NC1CCN([S+]([O-])c2ccc(CNC(=O)c3ccc4nccn4c3)cc2)CC1. The smallest absolute Gasteiger partial charge is 0.407 e. The molecule has 35 heavy (non-hydrogen) atoms. The minimum absolute atomic E-state index is 0.0126. The Balaban J connectivity index is 1.24. The fourth-order valence-electron chi connectivity index (χ4n) is 3.85. The summed E-state index contributed by atoms with van der Waals surface area (Å²) in [6, 6.07) is 11.0. The van der Waals surface area contributed by atoms with Gasteiger partial charge in [-0.3, -0.25) is 4.79 Å². The van der Waals surface area contributed by atoms with Crippen molar-refractivity contribution in [2.24, 2.45) is 0 Å². The van der Waals surface area contributed by atoms with Crippen molar-refractivity contribution in [3.8, 4) is 0 Å². The van der Waals surface area contributed by atoms with Crippen molar-refractivity contribution >= 4 is 29.0 Å². The second-order valence-electron chi connectivity index (χ2n) is 9.54. The van der Waals surface area contributed by atoms with Gasteiger partial charge in [-0.25, -0.2) is 9.78 Å². The molecule has 1 unspecified atom stereocenters. The molecule has 1 aliphatic rings. The minimum atomic E-state index is -1.28. The molecule has 4 rings (SSSR count). The molecule has 1 fully saturated rings. The topological polar surface area (TPSA) is 111 Å². The van der Waals surface area contributed by atoms with Gasteiger partial charge in [-0.1, -0.05) is 12.1 Å². The third-order valence-corrected chi connectivity index (χ3v) is 7.15. The third-order valence-electron chi connectivity index (χ3n) is 5.64. The average Bonchev–Trinajstić information content (AvgIpc) is 3.30. The van der Waals surface area contributed by atoms with Gasteiger partial charge in [-0.05, 0) is 63.4 Å². The minimum Gasteiger partial charge on any atom is -0.593 e. The largest absolute Gasteiger partial charge is 0.593 e. The molecule has 1 aromatic carbocycles. The van der Waals surface area contributed by atoms with Gasteiger partial charge in [-0.2, -0.15) is 0 Å². The molecule has 0 bridgehead atoms. The van der Waals surface area contributed by atoms with Gasteiger partial charge in [0.25, 0.3) is 5.91 Å². The lowest BCUT2D eigenvalue weighted by Crippen LogP contribution is -2.47. The first-order chi connectivity index (χ1) is 16.7. The number of hydrogen-bond donors (Lipinski definition) is 2. The van der Waals surface area contributed by atoms with Crippen LogP contribution in [0.15, 0.2) is 59.9 Å². The zero-order chi connectivity index (χ0) is 25.0. The van der Waals surface area contributed by atoms with Crippen LogP contribution in [-0.4, -0.2) is 55.0 Å². The molecule has 9 nitrogen and oxygen atoms in total. The second-order valence-corrected chi connectivity index (χ2v) is 11.0. The molecule has 2 aromatic heterocycles. The van der Waals surface area contributed by atoms with E-state index in [0.717, 1.165) is 11.2 Å². The van der Waals surface area contributed by atoms with Gasteiger partial charge in [0.15, 0.2) is 4.90 Å². The number of hydrogen-bond acceptors (Lipinski definition) is 6. The van der Waals surface area contributed by atoms with E-state index < -0.39 is 23.1 Å². The number of carbonyl (C=O) groups excluding carboxylic acids is 2. The van der Waals surface area contributed by atoms with Crippen LogP contribution < -0.4 is 10.6 Å². The van der Waals surface area contributed by atoms with Crippen molar-refractivity contribution < 1.29 is 18.9 Å². The molecule has 2 amide bonds. The van der Waals surface area contributed by atoms with Crippen molar-refractivity contribution in [2.75, 3.05) is 13.1 Å². The van der Waals surface area contributed by atoms with Gasteiger partial charge in [0.1, 0.15) is 11.2 Å². The number of benzene rings is 1. The highest BCUT2D eigenvalue weighted by molar-refractivity contribution is 7.89. The lowest BCUT2D eigenvalue weighted by molar-refractivity contribution is 0.0489. The first kappa shape index (κ1) is 25.0. The highest BCUT2D eigenvalue weighted by Crippen LogP contribution is 2.21. The van der Waals surface area contributed by atoms with Crippen LogP contribution in [0.2, 0.25) is 0 Å². The molecule has 3 aromatic rings. The molecule has 10 heteroatoms. The van der Waals surface area contributed by atoms with Crippen LogP contribution >= 0.6 is 0 Å². The first-order valence-corrected chi connectivity index (χ1v) is 12.7. The number of rotatable bonds is 6. The number of nitrogens with zero attached hydrogens (tertiary/aromatic N) is 3. The van der Waals surface area contributed by atoms with Gasteiger partial charge >= 0.3 is 6.09 Å². The predicted octanol–water partition coefficient (Wildman–Crippen LogP) is 3.28. The fraction of sp³-hybridized carbons (Fsp3) is 0.400. The molecule has 186 valence electrons. The molecule has 1 atom stereocenters. The first-order valence-electron chi connectivity index (χ1n) is 11.6. The summed E-state index contributed by atoms with van der Waals surface area (Å²) in [6.45, 7) is 7.10. The maximum absolute atomic E-state index is 13.0. The Morgan fingerprint density at radius 2 is 1.86 bits per heavy atom. The van der Waals surface area contributed by atoms with Gasteiger partial charge in [0.2, 0.25) is 0 Å². The van der Waals surface area contributed by atoms with Gasteiger partial charge < -0.3 is 24.3 Å². The number of ether oxygens (including phenoxy) is 1. The quantitative estimate of drug-likeness (QED) is 0.506. The van der Waals surface area contributed by atoms with E-state index in [2.05, 4.69) is 15.6 Å². The van der Waals surface area contributed by atoms with Gasteiger partial charge in [-0.15, -0.1) is 4.31 Å². The summed E-state index contributed by atoms with van der Waals surface area (Å²) in [5.74, 6) is -0.170. The van der Waals surface area contributed by atoms with E-state index in [1.165, 1.54) is 0 Å². The standard InChI is InChI=1S/C25H31N5O4S/c1-25(2,3)34-24(32)28-20-10-13-30(14-11-20)35(33)21-7-4-18(5-8-21)16-27-23(31)19-6-9-22-26-12-15-29(22)17-19/h4-9,12,15,17,20H,10-11,13-14,16H2,1-3H3,(H,27,31)(H,28,32). The molecular formula is C25H31N5O4S. The van der Waals surface area contributed by atoms with Crippen molar-refractivity contribution in [2.45, 2.75) is 56.7 Å². The molecule has 0 saturated carbocycles. The molecule has 1 aliphatic heterocycles. The molecule has 1 saturated heterocycles. The molecular weight excluding hydrogens is 466 g/mol. The number of pyridine rings is 1. The number of fused-ring (bicyclic) bond motifs is 1. The van der Waals surface area contributed by atoms with Crippen molar-refractivity contribution in [3.05, 3.63) is 66.1 Å². The van der Waals surface area contributed by atoms with E-state index in [9.17, 15) is 14.1 Å². The van der Waals surface area contributed by atoms with Crippen LogP contribution in [0.1, 0.15) is 49.5 Å². The highest BCUT2D eigenvalue weighted by atomic mass is 32.2. The van der Waals surface area contributed by atoms with Gasteiger partial charge in [0.05, 0.1) is 16.9 Å². The van der Waals surface area contributed by atoms with Crippen LogP contribution in [0, 0.1) is 0 Å². The average molecular weight is 498 g/mol. The van der Waals surface area contributed by atoms with Crippen LogP contribution in [0.25, 0.3) is 5.65 Å². The molecule has 3 heterocycles. The van der Waals surface area contributed by atoms with E-state index in [0.29, 0.717) is 42.9 Å². The van der Waals surface area contributed by atoms with Crippen LogP contribution in [0.4, 0.5) is 4.79 Å².